The highest BCUT2D eigenvalue weighted by atomic mass is 32.1. The van der Waals surface area contributed by atoms with Gasteiger partial charge in [0.15, 0.2) is 0 Å². The van der Waals surface area contributed by atoms with Gasteiger partial charge in [-0.15, -0.1) is 10.2 Å². The van der Waals surface area contributed by atoms with Crippen molar-refractivity contribution in [2.45, 2.75) is 38.8 Å². The van der Waals surface area contributed by atoms with Crippen LogP contribution in [0.2, 0.25) is 0 Å². The van der Waals surface area contributed by atoms with Crippen molar-refractivity contribution in [2.75, 3.05) is 39.0 Å². The predicted molar refractivity (Wildman–Crippen MR) is 80.7 cm³/mol. The monoisotopic (exact) mass is 283 g/mol. The second-order valence-electron chi connectivity index (χ2n) is 5.40. The van der Waals surface area contributed by atoms with Crippen molar-refractivity contribution in [2.24, 2.45) is 0 Å². The Morgan fingerprint density at radius 2 is 2.05 bits per heavy atom. The van der Waals surface area contributed by atoms with Crippen LogP contribution >= 0.6 is 11.3 Å². The summed E-state index contributed by atoms with van der Waals surface area (Å²) in [7, 11) is 4.35. The number of anilines is 1. The van der Waals surface area contributed by atoms with Gasteiger partial charge in [0.25, 0.3) is 0 Å². The first kappa shape index (κ1) is 14.7. The van der Waals surface area contributed by atoms with E-state index in [2.05, 4.69) is 46.3 Å². The molecule has 0 unspecified atom stereocenters. The Balaban J connectivity index is 1.77. The number of aromatic nitrogens is 2. The first-order valence-corrected chi connectivity index (χ1v) is 7.95. The van der Waals surface area contributed by atoms with E-state index in [0.717, 1.165) is 35.7 Å². The summed E-state index contributed by atoms with van der Waals surface area (Å²) in [6, 6.07) is 0.743. The van der Waals surface area contributed by atoms with Crippen LogP contribution in [0.1, 0.15) is 31.2 Å². The number of hydrogen-bond acceptors (Lipinski definition) is 6. The molecule has 0 amide bonds. The summed E-state index contributed by atoms with van der Waals surface area (Å²) in [5.41, 5.74) is 0. The highest BCUT2D eigenvalue weighted by molar-refractivity contribution is 7.15. The van der Waals surface area contributed by atoms with Gasteiger partial charge in [-0.25, -0.2) is 0 Å². The molecule has 1 saturated heterocycles. The molecule has 0 radical (unpaired) electrons. The van der Waals surface area contributed by atoms with Crippen LogP contribution in [0.25, 0.3) is 0 Å². The molecule has 1 aliphatic heterocycles. The zero-order chi connectivity index (χ0) is 13.7. The van der Waals surface area contributed by atoms with E-state index < -0.39 is 0 Å². The van der Waals surface area contributed by atoms with Crippen LogP contribution < -0.4 is 5.32 Å². The van der Waals surface area contributed by atoms with Gasteiger partial charge in [0.1, 0.15) is 5.01 Å². The fourth-order valence-electron chi connectivity index (χ4n) is 2.41. The largest absolute Gasteiger partial charge is 0.360 e. The van der Waals surface area contributed by atoms with Crippen LogP contribution in [0.3, 0.4) is 0 Å². The maximum Gasteiger partial charge on any atom is 0.205 e. The van der Waals surface area contributed by atoms with Crippen molar-refractivity contribution in [3.05, 3.63) is 5.01 Å². The number of nitrogens with zero attached hydrogens (tertiary/aromatic N) is 4. The molecule has 0 bridgehead atoms. The van der Waals surface area contributed by atoms with Gasteiger partial charge in [0, 0.05) is 25.7 Å². The third kappa shape index (κ3) is 4.40. The second kappa shape index (κ2) is 7.17. The molecule has 108 valence electrons. The van der Waals surface area contributed by atoms with Crippen molar-refractivity contribution >= 4 is 16.5 Å². The minimum atomic E-state index is 0.743. The first-order chi connectivity index (χ1) is 9.19. The number of hydrogen-bond donors (Lipinski definition) is 1. The molecule has 1 N–H and O–H groups in total. The molecular weight excluding hydrogens is 258 g/mol. The molecule has 0 aromatic carbocycles. The molecule has 19 heavy (non-hydrogen) atoms. The van der Waals surface area contributed by atoms with Crippen molar-refractivity contribution in [1.82, 2.24) is 20.0 Å². The van der Waals surface area contributed by atoms with Gasteiger partial charge in [-0.3, -0.25) is 4.90 Å². The molecular formula is C13H25N5S. The molecule has 2 heterocycles. The molecule has 0 atom stereocenters. The van der Waals surface area contributed by atoms with E-state index in [-0.39, 0.29) is 0 Å². The quantitative estimate of drug-likeness (QED) is 0.863. The molecule has 1 fully saturated rings. The maximum atomic E-state index is 4.27. The topological polar surface area (TPSA) is 44.3 Å². The highest BCUT2D eigenvalue weighted by Crippen LogP contribution is 2.20. The molecule has 0 spiro atoms. The van der Waals surface area contributed by atoms with Crippen LogP contribution in [-0.2, 0) is 6.54 Å². The zero-order valence-electron chi connectivity index (χ0n) is 12.2. The Bertz CT molecular complexity index is 371. The lowest BCUT2D eigenvalue weighted by atomic mass is 10.0. The Morgan fingerprint density at radius 1 is 1.32 bits per heavy atom. The lowest BCUT2D eigenvalue weighted by Gasteiger charge is -2.34. The summed E-state index contributed by atoms with van der Waals surface area (Å²) >= 11 is 1.69. The third-order valence-corrected chi connectivity index (χ3v) is 4.51. The van der Waals surface area contributed by atoms with Crippen LogP contribution in [0, 0.1) is 0 Å². The fourth-order valence-corrected chi connectivity index (χ4v) is 3.21. The molecule has 0 saturated carbocycles. The Hall–Kier alpha value is -0.720. The molecule has 5 nitrogen and oxygen atoms in total. The van der Waals surface area contributed by atoms with Gasteiger partial charge >= 0.3 is 0 Å². The average molecular weight is 283 g/mol. The standard InChI is InChI=1S/C13H25N5S/c1-4-7-14-13-16-15-12(19-13)10-18-8-5-11(6-9-18)17(2)3/h11H,4-10H2,1-3H3,(H,14,16). The normalized spacial score (nSPS) is 18.1. The minimum absolute atomic E-state index is 0.743. The smallest absolute Gasteiger partial charge is 0.205 e. The van der Waals surface area contributed by atoms with E-state index in [1.807, 2.05) is 0 Å². The van der Waals surface area contributed by atoms with Gasteiger partial charge in [-0.05, 0) is 33.4 Å². The van der Waals surface area contributed by atoms with E-state index in [1.54, 1.807) is 11.3 Å². The molecule has 1 aromatic rings. The summed E-state index contributed by atoms with van der Waals surface area (Å²) < 4.78 is 0. The van der Waals surface area contributed by atoms with E-state index in [1.165, 1.54) is 25.9 Å². The maximum absolute atomic E-state index is 4.27. The summed E-state index contributed by atoms with van der Waals surface area (Å²) in [5.74, 6) is 0. The number of likely N-dealkylation sites (tertiary alicyclic amines) is 1. The van der Waals surface area contributed by atoms with Crippen LogP contribution in [0.5, 0.6) is 0 Å². The highest BCUT2D eigenvalue weighted by Gasteiger charge is 2.21. The average Bonchev–Trinajstić information content (AvgIpc) is 2.84. The van der Waals surface area contributed by atoms with Gasteiger partial charge in [0.05, 0.1) is 6.54 Å². The minimum Gasteiger partial charge on any atom is -0.360 e. The Kier molecular flexibility index (Phi) is 5.54. The molecule has 2 rings (SSSR count). The Morgan fingerprint density at radius 3 is 2.68 bits per heavy atom. The molecule has 1 aromatic heterocycles. The molecule has 0 aliphatic carbocycles. The van der Waals surface area contributed by atoms with Gasteiger partial charge in [-0.2, -0.15) is 0 Å². The van der Waals surface area contributed by atoms with Crippen molar-refractivity contribution in [3.63, 3.8) is 0 Å². The molecule has 1 aliphatic rings. The second-order valence-corrected chi connectivity index (χ2v) is 6.46. The SMILES string of the molecule is CCCNc1nnc(CN2CCC(N(C)C)CC2)s1. The van der Waals surface area contributed by atoms with Gasteiger partial charge in [0.2, 0.25) is 5.13 Å². The zero-order valence-corrected chi connectivity index (χ0v) is 13.0. The van der Waals surface area contributed by atoms with Crippen LogP contribution in [0.4, 0.5) is 5.13 Å². The number of nitrogens with one attached hydrogen (secondary N) is 1. The van der Waals surface area contributed by atoms with Crippen molar-refractivity contribution in [1.29, 1.82) is 0 Å². The number of piperidine rings is 1. The first-order valence-electron chi connectivity index (χ1n) is 7.14. The van der Waals surface area contributed by atoms with E-state index in [0.29, 0.717) is 0 Å². The van der Waals surface area contributed by atoms with E-state index in [9.17, 15) is 0 Å². The van der Waals surface area contributed by atoms with Gasteiger partial charge in [-0.1, -0.05) is 18.3 Å². The predicted octanol–water partition coefficient (Wildman–Crippen LogP) is 1.89. The van der Waals surface area contributed by atoms with Gasteiger partial charge < -0.3 is 10.2 Å². The van der Waals surface area contributed by atoms with Crippen molar-refractivity contribution < 1.29 is 0 Å². The third-order valence-electron chi connectivity index (χ3n) is 3.64. The van der Waals surface area contributed by atoms with Crippen LogP contribution in [-0.4, -0.2) is 59.8 Å². The summed E-state index contributed by atoms with van der Waals surface area (Å²) in [6.45, 7) is 6.42. The van der Waals surface area contributed by atoms with Crippen molar-refractivity contribution in [3.8, 4) is 0 Å². The lowest BCUT2D eigenvalue weighted by molar-refractivity contribution is 0.139. The van der Waals surface area contributed by atoms with E-state index in [4.69, 9.17) is 0 Å². The fraction of sp³-hybridized carbons (Fsp3) is 0.846. The molecule has 6 heteroatoms. The summed E-state index contributed by atoms with van der Waals surface area (Å²) in [5, 5.41) is 13.8. The summed E-state index contributed by atoms with van der Waals surface area (Å²) in [4.78, 5) is 4.83. The van der Waals surface area contributed by atoms with Crippen LogP contribution in [0.15, 0.2) is 0 Å². The lowest BCUT2D eigenvalue weighted by Crippen LogP contribution is -2.41. The Labute approximate surface area is 120 Å². The summed E-state index contributed by atoms with van der Waals surface area (Å²) in [6.07, 6.45) is 3.63. The number of rotatable bonds is 6. The van der Waals surface area contributed by atoms with E-state index >= 15 is 0 Å².